The Balaban J connectivity index is 1.83. The fraction of sp³-hybridized carbons (Fsp3) is 0.692. The molecule has 2 bridgehead atoms. The molecule has 1 N–H and O–H groups in total. The molecule has 6 nitrogen and oxygen atoms in total. The van der Waals surface area contributed by atoms with Crippen LogP contribution in [0.4, 0.5) is 0 Å². The van der Waals surface area contributed by atoms with Crippen molar-refractivity contribution >= 4 is 19.9 Å². The van der Waals surface area contributed by atoms with Gasteiger partial charge < -0.3 is 19.0 Å². The summed E-state index contributed by atoms with van der Waals surface area (Å²) in [6, 6.07) is 3.06. The normalized spacial score (nSPS) is 36.9. The summed E-state index contributed by atoms with van der Waals surface area (Å²) in [7, 11) is -0.360. The summed E-state index contributed by atoms with van der Waals surface area (Å²) in [6.45, 7) is 10.2. The van der Waals surface area contributed by atoms with Crippen LogP contribution in [-0.2, 0) is 23.5 Å². The van der Waals surface area contributed by atoms with Crippen LogP contribution >= 0.6 is 0 Å². The number of rotatable bonds is 8. The molecule has 7 heteroatoms. The molecule has 1 unspecified atom stereocenters. The third kappa shape index (κ3) is 3.96. The van der Waals surface area contributed by atoms with Crippen LogP contribution in [0.5, 0.6) is 0 Å². The molecule has 0 amide bonds. The number of ketones is 2. The minimum Gasteiger partial charge on any atom is -0.413 e. The van der Waals surface area contributed by atoms with Crippen LogP contribution in [-0.4, -0.2) is 62.6 Å². The molecule has 4 aliphatic rings. The van der Waals surface area contributed by atoms with Crippen LogP contribution in [0.2, 0.25) is 18.1 Å². The number of ether oxygens (including phenoxy) is 2. The minimum atomic E-state index is -1.96. The number of methoxy groups -OCH3 is 1. The molecular weight excluding hydrogens is 436 g/mol. The first-order chi connectivity index (χ1) is 15.7. The van der Waals surface area contributed by atoms with E-state index in [4.69, 9.17) is 13.9 Å². The maximum absolute atomic E-state index is 14.0. The maximum Gasteiger partial charge on any atom is 0.192 e. The van der Waals surface area contributed by atoms with Gasteiger partial charge in [0.2, 0.25) is 0 Å². The van der Waals surface area contributed by atoms with E-state index >= 15 is 0 Å². The first-order valence-electron chi connectivity index (χ1n) is 12.4. The van der Waals surface area contributed by atoms with E-state index in [1.165, 1.54) is 0 Å². The Hall–Kier alpha value is -1.38. The Labute approximate surface area is 198 Å². The summed E-state index contributed by atoms with van der Waals surface area (Å²) in [5, 5.41) is 9.71. The summed E-state index contributed by atoms with van der Waals surface area (Å²) in [5.41, 5.74) is 0.332. The summed E-state index contributed by atoms with van der Waals surface area (Å²) in [5.74, 6) is -1.45. The summed E-state index contributed by atoms with van der Waals surface area (Å²) in [6.07, 6.45) is 6.83. The van der Waals surface area contributed by atoms with E-state index in [-0.39, 0.29) is 42.2 Å². The highest BCUT2D eigenvalue weighted by atomic mass is 28.4. The molecule has 1 saturated heterocycles. The first-order valence-corrected chi connectivity index (χ1v) is 14.9. The largest absolute Gasteiger partial charge is 0.413 e. The van der Waals surface area contributed by atoms with Gasteiger partial charge in [-0.2, -0.15) is 0 Å². The summed E-state index contributed by atoms with van der Waals surface area (Å²) >= 11 is 0. The van der Waals surface area contributed by atoms with E-state index in [0.29, 0.717) is 11.1 Å². The molecule has 0 aromatic carbocycles. The van der Waals surface area contributed by atoms with Crippen LogP contribution in [0.3, 0.4) is 0 Å². The molecule has 0 aromatic heterocycles. The standard InChI is InChI=1S/C26H38O6Si/c1-7-33(8-2,9-3)32-23-16-10-11-17(23)24-25(31-24)22(29)18-14-19(26(4,5)30-6)15(12-13-27)21(28)20(16)18/h10-12,14,16-17,19-20,23-25,27H,7-9,13H2,1-6H3/b15-12-/t16-,17?,19+,20+,23+,24-,25+/m0/s1. The topological polar surface area (TPSA) is 85.4 Å². The number of carbonyl (C=O) groups is 2. The second-order valence-corrected chi connectivity index (χ2v) is 15.1. The van der Waals surface area contributed by atoms with Crippen molar-refractivity contribution in [2.75, 3.05) is 13.7 Å². The predicted molar refractivity (Wildman–Crippen MR) is 128 cm³/mol. The predicted octanol–water partition coefficient (Wildman–Crippen LogP) is 3.61. The van der Waals surface area contributed by atoms with Crippen molar-refractivity contribution in [1.82, 2.24) is 0 Å². The Bertz CT molecular complexity index is 890. The van der Waals surface area contributed by atoms with Gasteiger partial charge in [0.25, 0.3) is 0 Å². The lowest BCUT2D eigenvalue weighted by Crippen LogP contribution is -2.51. The van der Waals surface area contributed by atoms with Gasteiger partial charge in [-0.05, 0) is 32.0 Å². The van der Waals surface area contributed by atoms with Crippen LogP contribution in [0.25, 0.3) is 0 Å². The highest BCUT2D eigenvalue weighted by Gasteiger charge is 2.61. The molecule has 2 fully saturated rings. The fourth-order valence-corrected chi connectivity index (χ4v) is 8.95. The molecule has 7 atom stereocenters. The maximum atomic E-state index is 14.0. The van der Waals surface area contributed by atoms with Gasteiger partial charge in [-0.15, -0.1) is 0 Å². The Morgan fingerprint density at radius 2 is 1.73 bits per heavy atom. The van der Waals surface area contributed by atoms with E-state index in [2.05, 4.69) is 32.9 Å². The van der Waals surface area contributed by atoms with Gasteiger partial charge in [-0.3, -0.25) is 9.59 Å². The highest BCUT2D eigenvalue weighted by molar-refractivity contribution is 6.73. The quantitative estimate of drug-likeness (QED) is 0.250. The summed E-state index contributed by atoms with van der Waals surface area (Å²) in [4.78, 5) is 27.5. The first kappa shape index (κ1) is 24.7. The lowest BCUT2D eigenvalue weighted by molar-refractivity contribution is -0.126. The van der Waals surface area contributed by atoms with Gasteiger partial charge in [-0.25, -0.2) is 0 Å². The highest BCUT2D eigenvalue weighted by Crippen LogP contribution is 2.52. The molecule has 33 heavy (non-hydrogen) atoms. The fourth-order valence-electron chi connectivity index (χ4n) is 6.06. The second kappa shape index (κ2) is 9.00. The van der Waals surface area contributed by atoms with Gasteiger partial charge in [0.15, 0.2) is 19.9 Å². The Morgan fingerprint density at radius 1 is 1.09 bits per heavy atom. The lowest BCUT2D eigenvalue weighted by Gasteiger charge is -2.43. The zero-order chi connectivity index (χ0) is 24.1. The van der Waals surface area contributed by atoms with Crippen molar-refractivity contribution in [3.8, 4) is 0 Å². The van der Waals surface area contributed by atoms with E-state index in [0.717, 1.165) is 18.1 Å². The van der Waals surface area contributed by atoms with Crippen molar-refractivity contribution < 1.29 is 28.6 Å². The van der Waals surface area contributed by atoms with Gasteiger partial charge >= 0.3 is 0 Å². The molecule has 0 aromatic rings. The number of hydrogen-bond acceptors (Lipinski definition) is 6. The van der Waals surface area contributed by atoms with Crippen molar-refractivity contribution in [3.05, 3.63) is 35.5 Å². The molecule has 0 radical (unpaired) electrons. The molecule has 1 aliphatic heterocycles. The third-order valence-electron chi connectivity index (χ3n) is 8.64. The Kier molecular flexibility index (Phi) is 6.75. The molecule has 0 spiro atoms. The second-order valence-electron chi connectivity index (χ2n) is 10.3. The van der Waals surface area contributed by atoms with Crippen LogP contribution < -0.4 is 0 Å². The minimum absolute atomic E-state index is 0.00626. The van der Waals surface area contributed by atoms with Gasteiger partial charge in [-0.1, -0.05) is 45.1 Å². The zero-order valence-corrected chi connectivity index (χ0v) is 21.7. The number of hydrogen-bond donors (Lipinski definition) is 1. The van der Waals surface area contributed by atoms with E-state index in [1.54, 1.807) is 13.2 Å². The molecule has 3 aliphatic carbocycles. The number of carbonyl (C=O) groups excluding carboxylic acids is 2. The van der Waals surface area contributed by atoms with Crippen LogP contribution in [0.1, 0.15) is 34.6 Å². The van der Waals surface area contributed by atoms with E-state index < -0.39 is 31.9 Å². The monoisotopic (exact) mass is 474 g/mol. The van der Waals surface area contributed by atoms with Gasteiger partial charge in [0.05, 0.1) is 24.2 Å². The average Bonchev–Trinajstić information content (AvgIpc) is 3.50. The number of epoxide rings is 1. The van der Waals surface area contributed by atoms with E-state index in [9.17, 15) is 14.7 Å². The SMILES string of the molecule is CC[Si](CC)(CC)O[C@H]1C2C=C[C@H]1[C@H]1C(=O)/C(=C\CO)[C@H](C(C)(C)OC)C=C1C(=O)[C@H]1O[C@@H]21. The van der Waals surface area contributed by atoms with Crippen molar-refractivity contribution in [1.29, 1.82) is 0 Å². The van der Waals surface area contributed by atoms with Crippen molar-refractivity contribution in [2.24, 2.45) is 23.7 Å². The Morgan fingerprint density at radius 3 is 2.30 bits per heavy atom. The molecule has 182 valence electrons. The van der Waals surface area contributed by atoms with Gasteiger partial charge in [0.1, 0.15) is 12.2 Å². The van der Waals surface area contributed by atoms with E-state index in [1.807, 2.05) is 19.9 Å². The molecule has 4 rings (SSSR count). The van der Waals surface area contributed by atoms with Crippen LogP contribution in [0.15, 0.2) is 35.5 Å². The molecular formula is C26H38O6Si. The summed E-state index contributed by atoms with van der Waals surface area (Å²) < 4.78 is 18.6. The third-order valence-corrected chi connectivity index (χ3v) is 13.3. The van der Waals surface area contributed by atoms with Crippen LogP contribution in [0, 0.1) is 23.7 Å². The number of fused-ring (bicyclic) bond motifs is 6. The number of aliphatic hydroxyl groups is 1. The lowest BCUT2D eigenvalue weighted by atomic mass is 9.65. The average molecular weight is 475 g/mol. The van der Waals surface area contributed by atoms with Crippen molar-refractivity contribution in [3.63, 3.8) is 0 Å². The molecule has 1 heterocycles. The smallest absolute Gasteiger partial charge is 0.192 e. The number of aliphatic hydroxyl groups excluding tert-OH is 1. The molecule has 1 saturated carbocycles. The van der Waals surface area contributed by atoms with Gasteiger partial charge in [0, 0.05) is 36.0 Å². The number of Topliss-reactive ketones (excluding diaryl/α,β-unsaturated/α-hetero) is 2. The van der Waals surface area contributed by atoms with Crippen molar-refractivity contribution in [2.45, 2.75) is 76.7 Å². The zero-order valence-electron chi connectivity index (χ0n) is 20.7.